The Labute approximate surface area is 88.7 Å². The van der Waals surface area contributed by atoms with Gasteiger partial charge in [-0.3, -0.25) is 4.79 Å². The standard InChI is InChI=1S/C12H14N2O/c1-9(13-8-15)11-7-14(2)12-6-4-3-5-10(11)12/h3-9H,1-2H3,(H,13,15). The molecule has 3 nitrogen and oxygen atoms in total. The molecular formula is C12H14N2O. The van der Waals surface area contributed by atoms with Gasteiger partial charge >= 0.3 is 0 Å². The van der Waals surface area contributed by atoms with Crippen LogP contribution in [0, 0.1) is 0 Å². The minimum Gasteiger partial charge on any atom is -0.352 e. The zero-order valence-corrected chi connectivity index (χ0v) is 8.90. The highest BCUT2D eigenvalue weighted by molar-refractivity contribution is 5.84. The molecule has 3 heteroatoms. The fraction of sp³-hybridized carbons (Fsp3) is 0.250. The van der Waals surface area contributed by atoms with Crippen molar-refractivity contribution >= 4 is 17.3 Å². The number of carbonyl (C=O) groups is 1. The first-order valence-electron chi connectivity index (χ1n) is 4.97. The Kier molecular flexibility index (Phi) is 2.46. The van der Waals surface area contributed by atoms with Crippen LogP contribution in [0.25, 0.3) is 10.9 Å². The smallest absolute Gasteiger partial charge is 0.207 e. The minimum absolute atomic E-state index is 0.0496. The Morgan fingerprint density at radius 1 is 1.40 bits per heavy atom. The number of fused-ring (bicyclic) bond motifs is 1. The summed E-state index contributed by atoms with van der Waals surface area (Å²) in [6.07, 6.45) is 2.80. The molecule has 2 rings (SSSR count). The van der Waals surface area contributed by atoms with Crippen LogP contribution in [0.1, 0.15) is 18.5 Å². The fourth-order valence-corrected chi connectivity index (χ4v) is 1.91. The number of hydrogen-bond donors (Lipinski definition) is 1. The molecule has 2 aromatic rings. The van der Waals surface area contributed by atoms with Gasteiger partial charge in [-0.05, 0) is 18.6 Å². The molecule has 1 aromatic carbocycles. The van der Waals surface area contributed by atoms with Gasteiger partial charge in [0.05, 0.1) is 6.04 Å². The normalized spacial score (nSPS) is 12.7. The van der Waals surface area contributed by atoms with E-state index in [-0.39, 0.29) is 6.04 Å². The summed E-state index contributed by atoms with van der Waals surface area (Å²) in [4.78, 5) is 10.4. The molecule has 15 heavy (non-hydrogen) atoms. The van der Waals surface area contributed by atoms with Crippen LogP contribution >= 0.6 is 0 Å². The summed E-state index contributed by atoms with van der Waals surface area (Å²) in [5.41, 5.74) is 2.34. The molecule has 1 unspecified atom stereocenters. The molecule has 0 saturated carbocycles. The molecule has 0 bridgehead atoms. The van der Waals surface area contributed by atoms with Gasteiger partial charge < -0.3 is 9.88 Å². The first-order valence-corrected chi connectivity index (χ1v) is 4.97. The number of carbonyl (C=O) groups excluding carboxylic acids is 1. The Bertz CT molecular complexity index is 487. The van der Waals surface area contributed by atoms with E-state index in [0.717, 1.165) is 12.0 Å². The average Bonchev–Trinajstić information content (AvgIpc) is 2.58. The van der Waals surface area contributed by atoms with Gasteiger partial charge in [-0.15, -0.1) is 0 Å². The van der Waals surface area contributed by atoms with Gasteiger partial charge in [0.1, 0.15) is 0 Å². The van der Waals surface area contributed by atoms with Crippen LogP contribution in [0.3, 0.4) is 0 Å². The van der Waals surface area contributed by atoms with Crippen LogP contribution in [-0.2, 0) is 11.8 Å². The maximum atomic E-state index is 10.4. The number of nitrogens with one attached hydrogen (secondary N) is 1. The predicted molar refractivity (Wildman–Crippen MR) is 60.5 cm³/mol. The summed E-state index contributed by atoms with van der Waals surface area (Å²) in [5.74, 6) is 0. The molecule has 0 aliphatic heterocycles. The van der Waals surface area contributed by atoms with E-state index in [4.69, 9.17) is 0 Å². The molecule has 1 atom stereocenters. The SMILES string of the molecule is CC(NC=O)c1cn(C)c2ccccc12. The van der Waals surface area contributed by atoms with Gasteiger partial charge in [-0.2, -0.15) is 0 Å². The maximum absolute atomic E-state index is 10.4. The molecule has 0 aliphatic carbocycles. The number of aromatic nitrogens is 1. The predicted octanol–water partition coefficient (Wildman–Crippen LogP) is 1.99. The summed E-state index contributed by atoms with van der Waals surface area (Å²) in [6.45, 7) is 1.98. The second-order valence-electron chi connectivity index (χ2n) is 3.72. The van der Waals surface area contributed by atoms with Crippen LogP contribution in [0.5, 0.6) is 0 Å². The van der Waals surface area contributed by atoms with Crippen LogP contribution < -0.4 is 5.32 Å². The van der Waals surface area contributed by atoms with Crippen molar-refractivity contribution in [1.82, 2.24) is 9.88 Å². The molecular weight excluding hydrogens is 188 g/mol. The quantitative estimate of drug-likeness (QED) is 0.759. The summed E-state index contributed by atoms with van der Waals surface area (Å²) >= 11 is 0. The van der Waals surface area contributed by atoms with E-state index < -0.39 is 0 Å². The van der Waals surface area contributed by atoms with Crippen molar-refractivity contribution in [3.63, 3.8) is 0 Å². The lowest BCUT2D eigenvalue weighted by atomic mass is 10.1. The molecule has 1 aromatic heterocycles. The number of amides is 1. The molecule has 0 spiro atoms. The number of hydrogen-bond acceptors (Lipinski definition) is 1. The average molecular weight is 202 g/mol. The Morgan fingerprint density at radius 3 is 2.87 bits per heavy atom. The largest absolute Gasteiger partial charge is 0.352 e. The van der Waals surface area contributed by atoms with Crippen molar-refractivity contribution in [3.8, 4) is 0 Å². The van der Waals surface area contributed by atoms with Crippen LogP contribution in [-0.4, -0.2) is 11.0 Å². The minimum atomic E-state index is 0.0496. The van der Waals surface area contributed by atoms with E-state index in [9.17, 15) is 4.79 Å². The molecule has 1 N–H and O–H groups in total. The Morgan fingerprint density at radius 2 is 2.13 bits per heavy atom. The molecule has 0 radical (unpaired) electrons. The van der Waals surface area contributed by atoms with Crippen LogP contribution in [0.4, 0.5) is 0 Å². The molecule has 0 saturated heterocycles. The monoisotopic (exact) mass is 202 g/mol. The second kappa shape index (κ2) is 3.77. The van der Waals surface area contributed by atoms with Crippen molar-refractivity contribution in [2.45, 2.75) is 13.0 Å². The van der Waals surface area contributed by atoms with E-state index in [1.54, 1.807) is 0 Å². The van der Waals surface area contributed by atoms with E-state index in [0.29, 0.717) is 0 Å². The Balaban J connectivity index is 2.56. The number of rotatable bonds is 3. The van der Waals surface area contributed by atoms with Gasteiger partial charge in [0, 0.05) is 24.1 Å². The Hall–Kier alpha value is -1.77. The number of nitrogens with zero attached hydrogens (tertiary/aromatic N) is 1. The summed E-state index contributed by atoms with van der Waals surface area (Å²) in [5, 5.41) is 3.97. The third kappa shape index (κ3) is 1.61. The summed E-state index contributed by atoms with van der Waals surface area (Å²) in [6, 6.07) is 8.23. The lowest BCUT2D eigenvalue weighted by Gasteiger charge is -2.08. The number of aryl methyl sites for hydroxylation is 1. The van der Waals surface area contributed by atoms with Gasteiger partial charge in [0.2, 0.25) is 6.41 Å². The molecule has 1 heterocycles. The van der Waals surface area contributed by atoms with E-state index in [2.05, 4.69) is 28.2 Å². The van der Waals surface area contributed by atoms with Crippen molar-refractivity contribution in [1.29, 1.82) is 0 Å². The van der Waals surface area contributed by atoms with Crippen molar-refractivity contribution in [2.75, 3.05) is 0 Å². The highest BCUT2D eigenvalue weighted by atomic mass is 16.1. The van der Waals surface area contributed by atoms with Crippen LogP contribution in [0.15, 0.2) is 30.5 Å². The maximum Gasteiger partial charge on any atom is 0.207 e. The lowest BCUT2D eigenvalue weighted by molar-refractivity contribution is -0.110. The number of benzene rings is 1. The molecule has 78 valence electrons. The van der Waals surface area contributed by atoms with Crippen molar-refractivity contribution in [2.24, 2.45) is 7.05 Å². The molecule has 0 aliphatic rings. The zero-order chi connectivity index (χ0) is 10.8. The zero-order valence-electron chi connectivity index (χ0n) is 8.90. The van der Waals surface area contributed by atoms with E-state index >= 15 is 0 Å². The van der Waals surface area contributed by atoms with Crippen molar-refractivity contribution in [3.05, 3.63) is 36.0 Å². The topological polar surface area (TPSA) is 34.0 Å². The summed E-state index contributed by atoms with van der Waals surface area (Å²) in [7, 11) is 2.01. The third-order valence-corrected chi connectivity index (χ3v) is 2.71. The highest BCUT2D eigenvalue weighted by Gasteiger charge is 2.11. The number of para-hydroxylation sites is 1. The second-order valence-corrected chi connectivity index (χ2v) is 3.72. The van der Waals surface area contributed by atoms with Gasteiger partial charge in [-0.25, -0.2) is 0 Å². The van der Waals surface area contributed by atoms with Gasteiger partial charge in [-0.1, -0.05) is 18.2 Å². The third-order valence-electron chi connectivity index (χ3n) is 2.71. The first kappa shape index (κ1) is 9.77. The highest BCUT2D eigenvalue weighted by Crippen LogP contribution is 2.25. The first-order chi connectivity index (χ1) is 7.24. The fourth-order valence-electron chi connectivity index (χ4n) is 1.91. The lowest BCUT2D eigenvalue weighted by Crippen LogP contribution is -2.15. The molecule has 1 amide bonds. The summed E-state index contributed by atoms with van der Waals surface area (Å²) < 4.78 is 2.08. The van der Waals surface area contributed by atoms with Crippen molar-refractivity contribution < 1.29 is 4.79 Å². The van der Waals surface area contributed by atoms with Gasteiger partial charge in [0.15, 0.2) is 0 Å². The molecule has 0 fully saturated rings. The van der Waals surface area contributed by atoms with E-state index in [1.165, 1.54) is 10.9 Å². The van der Waals surface area contributed by atoms with E-state index in [1.807, 2.05) is 26.1 Å². The van der Waals surface area contributed by atoms with Gasteiger partial charge in [0.25, 0.3) is 0 Å². The van der Waals surface area contributed by atoms with Crippen LogP contribution in [0.2, 0.25) is 0 Å².